The van der Waals surface area contributed by atoms with Gasteiger partial charge >= 0.3 is 0 Å². The third-order valence-electron chi connectivity index (χ3n) is 8.46. The number of hydrogen-bond acceptors (Lipinski definition) is 5. The van der Waals surface area contributed by atoms with Crippen molar-refractivity contribution in [3.8, 4) is 0 Å². The molecule has 6 unspecified atom stereocenters. The first-order valence-electron chi connectivity index (χ1n) is 10.8. The molecule has 0 spiro atoms. The first-order chi connectivity index (χ1) is 14.4. The highest BCUT2D eigenvalue weighted by atomic mass is 32.2. The van der Waals surface area contributed by atoms with E-state index in [0.29, 0.717) is 24.6 Å². The monoisotopic (exact) mass is 453 g/mol. The van der Waals surface area contributed by atoms with Gasteiger partial charge in [0.1, 0.15) is 6.17 Å². The van der Waals surface area contributed by atoms with Gasteiger partial charge in [0, 0.05) is 43.1 Å². The number of hydrogen-bond donors (Lipinski definition) is 1. The molecule has 8 heteroatoms. The lowest BCUT2D eigenvalue weighted by atomic mass is 9.45. The molecule has 8 atom stereocenters. The van der Waals surface area contributed by atoms with E-state index >= 15 is 8.78 Å². The van der Waals surface area contributed by atoms with Crippen molar-refractivity contribution in [2.24, 2.45) is 28.6 Å². The van der Waals surface area contributed by atoms with Crippen molar-refractivity contribution in [3.05, 3.63) is 23.8 Å². The minimum Gasteiger partial charge on any atom is -0.390 e. The third-order valence-corrected chi connectivity index (χ3v) is 9.49. The fourth-order valence-electron chi connectivity index (χ4n) is 6.84. The second-order valence-electron chi connectivity index (χ2n) is 10.2. The molecule has 0 aromatic heterocycles. The number of ketones is 1. The second-order valence-corrected chi connectivity index (χ2v) is 11.1. The van der Waals surface area contributed by atoms with Crippen molar-refractivity contribution in [2.75, 3.05) is 14.1 Å². The van der Waals surface area contributed by atoms with Crippen LogP contribution in [0.5, 0.6) is 0 Å². The molecular weight excluding hydrogens is 424 g/mol. The minimum absolute atomic E-state index is 0.0550. The van der Waals surface area contributed by atoms with Gasteiger partial charge in [-0.1, -0.05) is 13.0 Å². The van der Waals surface area contributed by atoms with Crippen LogP contribution in [-0.4, -0.2) is 58.2 Å². The van der Waals surface area contributed by atoms with Gasteiger partial charge in [-0.2, -0.15) is 0 Å². The Morgan fingerprint density at radius 3 is 2.55 bits per heavy atom. The van der Waals surface area contributed by atoms with E-state index in [-0.39, 0.29) is 40.5 Å². The highest BCUT2D eigenvalue weighted by molar-refractivity contribution is 8.26. The quantitative estimate of drug-likeness (QED) is 0.653. The average molecular weight is 454 g/mol. The number of nitrogens with zero attached hydrogens (tertiary/aromatic N) is 1. The number of thioether (sulfide) groups is 1. The Morgan fingerprint density at radius 2 is 1.90 bits per heavy atom. The first-order valence-corrected chi connectivity index (χ1v) is 11.6. The largest absolute Gasteiger partial charge is 0.390 e. The number of alkyl halides is 2. The normalized spacial score (nSPS) is 46.0. The summed E-state index contributed by atoms with van der Waals surface area (Å²) in [5.74, 6) is -1.96. The number of amides is 1. The van der Waals surface area contributed by atoms with Crippen LogP contribution in [0.3, 0.4) is 0 Å². The van der Waals surface area contributed by atoms with Gasteiger partial charge in [-0.25, -0.2) is 8.78 Å². The standard InChI is InChI=1S/C23H29F2NO4S/c1-21-11-18(28)23(25)15(10-17(24)16-9-12(27)7-8-22(16,23)2)13(21)5-6-14(21)19(29)31-20(30)26(3)4/h7-9,13-15,17-18,28H,5-6,10-11H2,1-4H3/t13?,14?,15?,17-,18?,21?,22?,23-/m0/s1. The Hall–Kier alpha value is -1.54. The smallest absolute Gasteiger partial charge is 0.288 e. The Kier molecular flexibility index (Phi) is 5.29. The molecule has 5 nitrogen and oxygen atoms in total. The molecule has 3 fully saturated rings. The Balaban J connectivity index is 1.70. The average Bonchev–Trinajstić information content (AvgIpc) is 3.02. The SMILES string of the molecule is CN(C)C(=O)SC(=O)C1CCC2C3C[C@H](F)C4=CC(=O)C=CC4(C)[C@@]3(F)C(O)CC12C. The van der Waals surface area contributed by atoms with Crippen LogP contribution < -0.4 is 0 Å². The number of aliphatic hydroxyl groups excluding tert-OH is 1. The van der Waals surface area contributed by atoms with Crippen molar-refractivity contribution in [1.29, 1.82) is 0 Å². The summed E-state index contributed by atoms with van der Waals surface area (Å²) in [4.78, 5) is 38.2. The number of rotatable bonds is 1. The number of carbonyl (C=O) groups is 3. The van der Waals surface area contributed by atoms with Crippen molar-refractivity contribution in [1.82, 2.24) is 4.90 Å². The summed E-state index contributed by atoms with van der Waals surface area (Å²) in [5, 5.41) is 10.5. The summed E-state index contributed by atoms with van der Waals surface area (Å²) in [7, 11) is 3.14. The molecule has 0 aliphatic heterocycles. The molecule has 0 bridgehead atoms. The van der Waals surface area contributed by atoms with Crippen LogP contribution in [-0.2, 0) is 9.59 Å². The van der Waals surface area contributed by atoms with Crippen LogP contribution in [0.15, 0.2) is 23.8 Å². The lowest BCUT2D eigenvalue weighted by molar-refractivity contribution is -0.201. The number of fused-ring (bicyclic) bond motifs is 5. The van der Waals surface area contributed by atoms with Gasteiger partial charge < -0.3 is 10.0 Å². The minimum atomic E-state index is -2.13. The van der Waals surface area contributed by atoms with E-state index in [2.05, 4.69) is 0 Å². The summed E-state index contributed by atoms with van der Waals surface area (Å²) in [6, 6.07) is 0. The molecule has 4 aliphatic rings. The second kappa shape index (κ2) is 7.24. The molecule has 31 heavy (non-hydrogen) atoms. The fourth-order valence-corrected chi connectivity index (χ4v) is 7.72. The zero-order chi connectivity index (χ0) is 22.9. The summed E-state index contributed by atoms with van der Waals surface area (Å²) in [6.45, 7) is 3.44. The highest BCUT2D eigenvalue weighted by Gasteiger charge is 2.72. The summed E-state index contributed by atoms with van der Waals surface area (Å²) >= 11 is 0.648. The molecule has 0 radical (unpaired) electrons. The van der Waals surface area contributed by atoms with E-state index in [1.807, 2.05) is 6.92 Å². The molecule has 1 N–H and O–H groups in total. The van der Waals surface area contributed by atoms with Gasteiger partial charge in [0.15, 0.2) is 11.5 Å². The maximum Gasteiger partial charge on any atom is 0.288 e. The lowest BCUT2D eigenvalue weighted by Gasteiger charge is -2.62. The van der Waals surface area contributed by atoms with Gasteiger partial charge in [-0.3, -0.25) is 14.4 Å². The van der Waals surface area contributed by atoms with Gasteiger partial charge in [0.05, 0.1) is 6.10 Å². The van der Waals surface area contributed by atoms with Gasteiger partial charge in [-0.05, 0) is 61.7 Å². The summed E-state index contributed by atoms with van der Waals surface area (Å²) in [6.07, 6.45) is 1.90. The highest BCUT2D eigenvalue weighted by Crippen LogP contribution is 2.69. The maximum absolute atomic E-state index is 16.9. The van der Waals surface area contributed by atoms with E-state index in [9.17, 15) is 19.5 Å². The van der Waals surface area contributed by atoms with E-state index < -0.39 is 40.6 Å². The number of allylic oxidation sites excluding steroid dienone is 4. The number of aliphatic hydroxyl groups is 1. The van der Waals surface area contributed by atoms with Gasteiger partial charge in [0.2, 0.25) is 5.12 Å². The molecular formula is C23H29F2NO4S. The van der Waals surface area contributed by atoms with E-state index in [1.54, 1.807) is 21.0 Å². The van der Waals surface area contributed by atoms with Crippen LogP contribution in [0.2, 0.25) is 0 Å². The topological polar surface area (TPSA) is 74.7 Å². The van der Waals surface area contributed by atoms with Crippen molar-refractivity contribution >= 4 is 27.9 Å². The zero-order valence-corrected chi connectivity index (χ0v) is 19.0. The van der Waals surface area contributed by atoms with E-state index in [0.717, 1.165) is 0 Å². The molecule has 3 saturated carbocycles. The van der Waals surface area contributed by atoms with Crippen LogP contribution in [0.1, 0.15) is 39.5 Å². The molecule has 170 valence electrons. The molecule has 0 saturated heterocycles. The molecule has 4 aliphatic carbocycles. The maximum atomic E-state index is 16.9. The summed E-state index contributed by atoms with van der Waals surface area (Å²) < 4.78 is 32.2. The van der Waals surface area contributed by atoms with Crippen LogP contribution in [0.4, 0.5) is 13.6 Å². The molecule has 4 rings (SSSR count). The molecule has 0 aromatic rings. The predicted octanol–water partition coefficient (Wildman–Crippen LogP) is 3.86. The Bertz CT molecular complexity index is 904. The van der Waals surface area contributed by atoms with Gasteiger partial charge in [-0.15, -0.1) is 0 Å². The summed E-state index contributed by atoms with van der Waals surface area (Å²) in [5.41, 5.74) is -4.17. The number of halogens is 2. The van der Waals surface area contributed by atoms with Crippen molar-refractivity contribution in [3.63, 3.8) is 0 Å². The predicted molar refractivity (Wildman–Crippen MR) is 114 cm³/mol. The van der Waals surface area contributed by atoms with E-state index in [1.165, 1.54) is 23.1 Å². The number of carbonyl (C=O) groups excluding carboxylic acids is 3. The Morgan fingerprint density at radius 1 is 1.23 bits per heavy atom. The third kappa shape index (κ3) is 3.00. The van der Waals surface area contributed by atoms with Crippen molar-refractivity contribution in [2.45, 2.75) is 57.5 Å². The zero-order valence-electron chi connectivity index (χ0n) is 18.2. The van der Waals surface area contributed by atoms with Crippen LogP contribution in [0.25, 0.3) is 0 Å². The van der Waals surface area contributed by atoms with Crippen LogP contribution in [0, 0.1) is 28.6 Å². The first kappa shape index (κ1) is 22.6. The van der Waals surface area contributed by atoms with E-state index in [4.69, 9.17) is 0 Å². The Labute approximate surface area is 185 Å². The lowest BCUT2D eigenvalue weighted by Crippen LogP contribution is -2.68. The van der Waals surface area contributed by atoms with Gasteiger partial charge in [0.25, 0.3) is 5.24 Å². The molecule has 0 heterocycles. The molecule has 1 amide bonds. The van der Waals surface area contributed by atoms with Crippen LogP contribution >= 0.6 is 11.8 Å². The van der Waals surface area contributed by atoms with Crippen molar-refractivity contribution < 1.29 is 28.3 Å². The molecule has 0 aromatic carbocycles. The fraction of sp³-hybridized carbons (Fsp3) is 0.696.